The number of carbonyl (C=O) groups is 1. The van der Waals surface area contributed by atoms with Crippen LogP contribution in [-0.4, -0.2) is 20.9 Å². The maximum absolute atomic E-state index is 11.1. The van der Waals surface area contributed by atoms with E-state index in [1.54, 1.807) is 25.1 Å². The Morgan fingerprint density at radius 1 is 1.43 bits per heavy atom. The molecular formula is C15H17BrN2O3. The number of halogens is 1. The monoisotopic (exact) mass is 352 g/mol. The number of rotatable bonds is 5. The molecule has 1 N–H and O–H groups in total. The van der Waals surface area contributed by atoms with Gasteiger partial charge in [-0.15, -0.1) is 0 Å². The van der Waals surface area contributed by atoms with Crippen molar-refractivity contribution in [2.75, 3.05) is 0 Å². The lowest BCUT2D eigenvalue weighted by atomic mass is 10.1. The molecule has 0 saturated heterocycles. The first-order valence-corrected chi connectivity index (χ1v) is 7.42. The Morgan fingerprint density at radius 2 is 2.14 bits per heavy atom. The quantitative estimate of drug-likeness (QED) is 0.893. The normalized spacial score (nSPS) is 10.7. The number of aromatic carboxylic acids is 1. The topological polar surface area (TPSA) is 64.4 Å². The van der Waals surface area contributed by atoms with Crippen molar-refractivity contribution in [1.29, 1.82) is 0 Å². The van der Waals surface area contributed by atoms with Gasteiger partial charge in [0.25, 0.3) is 0 Å². The lowest BCUT2D eigenvalue weighted by Crippen LogP contribution is -2.08. The predicted molar refractivity (Wildman–Crippen MR) is 82.8 cm³/mol. The Bertz CT molecular complexity index is 680. The zero-order chi connectivity index (χ0) is 15.6. The Balaban J connectivity index is 2.25. The summed E-state index contributed by atoms with van der Waals surface area (Å²) in [5.41, 5.74) is 2.73. The molecule has 0 unspecified atom stereocenters. The van der Waals surface area contributed by atoms with Crippen molar-refractivity contribution in [3.63, 3.8) is 0 Å². The van der Waals surface area contributed by atoms with E-state index in [0.717, 1.165) is 22.4 Å². The van der Waals surface area contributed by atoms with Crippen molar-refractivity contribution in [3.8, 4) is 5.75 Å². The fourth-order valence-corrected chi connectivity index (χ4v) is 2.55. The average Bonchev–Trinajstić information content (AvgIpc) is 2.73. The van der Waals surface area contributed by atoms with Gasteiger partial charge in [0.2, 0.25) is 0 Å². The maximum atomic E-state index is 11.1. The first-order valence-electron chi connectivity index (χ1n) is 6.63. The number of nitrogens with zero attached hydrogens (tertiary/aromatic N) is 2. The summed E-state index contributed by atoms with van der Waals surface area (Å²) in [5, 5.41) is 13.5. The van der Waals surface area contributed by atoms with Crippen molar-refractivity contribution in [3.05, 3.63) is 45.2 Å². The van der Waals surface area contributed by atoms with Crippen LogP contribution in [0, 0.1) is 13.8 Å². The van der Waals surface area contributed by atoms with E-state index in [1.165, 1.54) is 0 Å². The van der Waals surface area contributed by atoms with Gasteiger partial charge in [-0.1, -0.05) is 6.07 Å². The van der Waals surface area contributed by atoms with Crippen molar-refractivity contribution in [1.82, 2.24) is 9.78 Å². The highest BCUT2D eigenvalue weighted by molar-refractivity contribution is 9.10. The highest BCUT2D eigenvalue weighted by Gasteiger charge is 2.15. The van der Waals surface area contributed by atoms with Crippen LogP contribution in [-0.2, 0) is 13.2 Å². The third-order valence-corrected chi connectivity index (χ3v) is 4.36. The summed E-state index contributed by atoms with van der Waals surface area (Å²) in [7, 11) is 0. The van der Waals surface area contributed by atoms with Gasteiger partial charge in [0.15, 0.2) is 0 Å². The average molecular weight is 353 g/mol. The number of carboxylic acids is 1. The van der Waals surface area contributed by atoms with E-state index in [-0.39, 0.29) is 5.56 Å². The number of aromatic nitrogens is 2. The molecule has 2 aromatic rings. The standard InChI is InChI=1S/C15H17BrN2O3/c1-4-18-12(14(16)10(3)17-18)8-21-13-7-5-6-11(9(13)2)15(19)20/h5-7H,4,8H2,1-3H3,(H,19,20). The summed E-state index contributed by atoms with van der Waals surface area (Å²) in [4.78, 5) is 11.1. The van der Waals surface area contributed by atoms with Gasteiger partial charge in [-0.2, -0.15) is 5.10 Å². The molecule has 0 spiro atoms. The van der Waals surface area contributed by atoms with Gasteiger partial charge in [0, 0.05) is 12.1 Å². The molecule has 0 amide bonds. The summed E-state index contributed by atoms with van der Waals surface area (Å²) in [6.07, 6.45) is 0. The summed E-state index contributed by atoms with van der Waals surface area (Å²) in [5.74, 6) is -0.378. The smallest absolute Gasteiger partial charge is 0.336 e. The molecule has 0 bridgehead atoms. The number of hydrogen-bond donors (Lipinski definition) is 1. The minimum Gasteiger partial charge on any atom is -0.487 e. The Kier molecular flexibility index (Phi) is 4.67. The zero-order valence-electron chi connectivity index (χ0n) is 12.2. The molecule has 6 heteroatoms. The van der Waals surface area contributed by atoms with Crippen molar-refractivity contribution in [2.24, 2.45) is 0 Å². The molecule has 0 aliphatic rings. The molecule has 21 heavy (non-hydrogen) atoms. The second-order valence-corrected chi connectivity index (χ2v) is 5.48. The fraction of sp³-hybridized carbons (Fsp3) is 0.333. The van der Waals surface area contributed by atoms with Crippen LogP contribution in [0.4, 0.5) is 0 Å². The van der Waals surface area contributed by atoms with E-state index < -0.39 is 5.97 Å². The van der Waals surface area contributed by atoms with Crippen LogP contribution < -0.4 is 4.74 Å². The third kappa shape index (κ3) is 3.10. The van der Waals surface area contributed by atoms with E-state index in [9.17, 15) is 4.79 Å². The van der Waals surface area contributed by atoms with E-state index in [4.69, 9.17) is 9.84 Å². The van der Waals surface area contributed by atoms with Crippen LogP contribution in [0.15, 0.2) is 22.7 Å². The first kappa shape index (κ1) is 15.6. The molecule has 0 atom stereocenters. The SMILES string of the molecule is CCn1nc(C)c(Br)c1COc1cccc(C(=O)O)c1C. The molecular weight excluding hydrogens is 336 g/mol. The molecule has 0 aliphatic heterocycles. The summed E-state index contributed by atoms with van der Waals surface area (Å²) < 4.78 is 8.59. The summed E-state index contributed by atoms with van der Waals surface area (Å²) >= 11 is 3.51. The highest BCUT2D eigenvalue weighted by atomic mass is 79.9. The second-order valence-electron chi connectivity index (χ2n) is 4.68. The second kappa shape index (κ2) is 6.30. The van der Waals surface area contributed by atoms with Gasteiger partial charge < -0.3 is 9.84 Å². The Labute approximate surface area is 131 Å². The van der Waals surface area contributed by atoms with Gasteiger partial charge >= 0.3 is 5.97 Å². The van der Waals surface area contributed by atoms with Gasteiger partial charge in [0.05, 0.1) is 21.4 Å². The van der Waals surface area contributed by atoms with Crippen LogP contribution in [0.3, 0.4) is 0 Å². The van der Waals surface area contributed by atoms with Crippen molar-refractivity contribution >= 4 is 21.9 Å². The number of hydrogen-bond acceptors (Lipinski definition) is 3. The number of ether oxygens (including phenoxy) is 1. The van der Waals surface area contributed by atoms with Gasteiger partial charge in [0.1, 0.15) is 12.4 Å². The zero-order valence-corrected chi connectivity index (χ0v) is 13.8. The molecule has 5 nitrogen and oxygen atoms in total. The van der Waals surface area contributed by atoms with E-state index >= 15 is 0 Å². The summed E-state index contributed by atoms with van der Waals surface area (Å²) in [6.45, 7) is 6.77. The molecule has 2 rings (SSSR count). The fourth-order valence-electron chi connectivity index (χ4n) is 2.16. The summed E-state index contributed by atoms with van der Waals surface area (Å²) in [6, 6.07) is 5.03. The minimum atomic E-state index is -0.950. The Morgan fingerprint density at radius 3 is 2.76 bits per heavy atom. The molecule has 1 heterocycles. The van der Waals surface area contributed by atoms with E-state index in [0.29, 0.717) is 17.9 Å². The highest BCUT2D eigenvalue weighted by Crippen LogP contribution is 2.26. The van der Waals surface area contributed by atoms with Crippen LogP contribution >= 0.6 is 15.9 Å². The third-order valence-electron chi connectivity index (χ3n) is 3.33. The first-order chi connectivity index (χ1) is 9.95. The number of aryl methyl sites for hydroxylation is 2. The molecule has 0 aliphatic carbocycles. The number of benzene rings is 1. The van der Waals surface area contributed by atoms with Crippen LogP contribution in [0.25, 0.3) is 0 Å². The molecule has 0 fully saturated rings. The number of carboxylic acid groups (broad SMARTS) is 1. The van der Waals surface area contributed by atoms with Crippen LogP contribution in [0.1, 0.15) is 34.2 Å². The maximum Gasteiger partial charge on any atom is 0.336 e. The van der Waals surface area contributed by atoms with Crippen LogP contribution in [0.2, 0.25) is 0 Å². The van der Waals surface area contributed by atoms with Crippen LogP contribution in [0.5, 0.6) is 5.75 Å². The molecule has 112 valence electrons. The minimum absolute atomic E-state index is 0.256. The molecule has 1 aromatic heterocycles. The molecule has 0 radical (unpaired) electrons. The van der Waals surface area contributed by atoms with Gasteiger partial charge in [-0.05, 0) is 48.8 Å². The van der Waals surface area contributed by atoms with E-state index in [1.807, 2.05) is 18.5 Å². The molecule has 1 aromatic carbocycles. The van der Waals surface area contributed by atoms with E-state index in [2.05, 4.69) is 21.0 Å². The van der Waals surface area contributed by atoms with Gasteiger partial charge in [-0.25, -0.2) is 4.79 Å². The lowest BCUT2D eigenvalue weighted by Gasteiger charge is -2.12. The largest absolute Gasteiger partial charge is 0.487 e. The predicted octanol–water partition coefficient (Wildman–Crippen LogP) is 3.56. The van der Waals surface area contributed by atoms with Crippen molar-refractivity contribution in [2.45, 2.75) is 33.9 Å². The molecule has 0 saturated carbocycles. The lowest BCUT2D eigenvalue weighted by molar-refractivity contribution is 0.0695. The van der Waals surface area contributed by atoms with Gasteiger partial charge in [-0.3, -0.25) is 4.68 Å². The Hall–Kier alpha value is -1.82. The van der Waals surface area contributed by atoms with Crippen molar-refractivity contribution < 1.29 is 14.6 Å².